The van der Waals surface area contributed by atoms with E-state index in [2.05, 4.69) is 18.3 Å². The van der Waals surface area contributed by atoms with Crippen molar-refractivity contribution in [2.45, 2.75) is 39.5 Å². The minimum Gasteiger partial charge on any atom is -0.469 e. The number of aromatic nitrogens is 3. The number of nitrogens with one attached hydrogen (secondary N) is 1. The molecule has 1 fully saturated rings. The van der Waals surface area contributed by atoms with E-state index in [1.54, 1.807) is 0 Å². The Labute approximate surface area is 171 Å². The molecule has 1 N–H and O–H groups in total. The van der Waals surface area contributed by atoms with Gasteiger partial charge in [-0.3, -0.25) is 4.79 Å². The van der Waals surface area contributed by atoms with E-state index in [0.717, 1.165) is 66.0 Å². The summed E-state index contributed by atoms with van der Waals surface area (Å²) in [4.78, 5) is 17.0. The minimum atomic E-state index is -0.0890. The zero-order chi connectivity index (χ0) is 20.4. The van der Waals surface area contributed by atoms with Crippen molar-refractivity contribution in [2.24, 2.45) is 11.8 Å². The number of benzene rings is 1. The lowest BCUT2D eigenvalue weighted by molar-refractivity contribution is -0.148. The molecule has 1 aromatic carbocycles. The number of hydrogen-bond donors (Lipinski definition) is 1. The van der Waals surface area contributed by atoms with Crippen molar-refractivity contribution in [2.75, 3.05) is 19.0 Å². The molecule has 6 heteroatoms. The van der Waals surface area contributed by atoms with Gasteiger partial charge in [-0.1, -0.05) is 31.0 Å². The zero-order valence-electron chi connectivity index (χ0n) is 17.3. The number of pyridine rings is 1. The summed E-state index contributed by atoms with van der Waals surface area (Å²) in [6, 6.07) is 12.1. The standard InChI is InChI=1S/C23H28N4O2/c1-15-13-20(24-14-17-9-7-8-12-19(17)23(28)29-3)25-22-21(15)16(2)26-27(22)18-10-5-4-6-11-18/h4-6,10-11,13,17,19H,7-9,12,14H2,1-3H3,(H,24,25). The summed E-state index contributed by atoms with van der Waals surface area (Å²) in [5.41, 5.74) is 3.96. The Morgan fingerprint density at radius 3 is 2.72 bits per heavy atom. The first-order valence-electron chi connectivity index (χ1n) is 10.3. The lowest BCUT2D eigenvalue weighted by Gasteiger charge is -2.29. The van der Waals surface area contributed by atoms with Crippen molar-refractivity contribution >= 4 is 22.8 Å². The van der Waals surface area contributed by atoms with Crippen LogP contribution in [-0.2, 0) is 9.53 Å². The number of esters is 1. The van der Waals surface area contributed by atoms with E-state index in [1.165, 1.54) is 7.11 Å². The van der Waals surface area contributed by atoms with E-state index in [1.807, 2.05) is 41.9 Å². The van der Waals surface area contributed by atoms with Crippen molar-refractivity contribution in [1.82, 2.24) is 14.8 Å². The Balaban J connectivity index is 1.62. The maximum absolute atomic E-state index is 12.1. The molecule has 2 aromatic heterocycles. The first-order valence-corrected chi connectivity index (χ1v) is 10.3. The van der Waals surface area contributed by atoms with Gasteiger partial charge in [-0.2, -0.15) is 5.10 Å². The Morgan fingerprint density at radius 1 is 1.21 bits per heavy atom. The molecule has 2 unspecified atom stereocenters. The van der Waals surface area contributed by atoms with Crippen LogP contribution in [0.1, 0.15) is 36.9 Å². The fraction of sp³-hybridized carbons (Fsp3) is 0.435. The number of aryl methyl sites for hydroxylation is 2. The number of hydrogen-bond acceptors (Lipinski definition) is 5. The normalized spacial score (nSPS) is 19.3. The molecule has 0 saturated heterocycles. The molecule has 0 amide bonds. The summed E-state index contributed by atoms with van der Waals surface area (Å²) < 4.78 is 6.93. The van der Waals surface area contributed by atoms with Crippen molar-refractivity contribution in [3.05, 3.63) is 47.7 Å². The highest BCUT2D eigenvalue weighted by Gasteiger charge is 2.31. The lowest BCUT2D eigenvalue weighted by Crippen LogP contribution is -2.32. The molecule has 1 aliphatic carbocycles. The van der Waals surface area contributed by atoms with E-state index in [0.29, 0.717) is 0 Å². The number of carbonyl (C=O) groups is 1. The first kappa shape index (κ1) is 19.4. The van der Waals surface area contributed by atoms with Crippen LogP contribution in [0, 0.1) is 25.7 Å². The van der Waals surface area contributed by atoms with Crippen LogP contribution in [0.2, 0.25) is 0 Å². The Bertz CT molecular complexity index is 1010. The third-order valence-electron chi connectivity index (χ3n) is 5.97. The highest BCUT2D eigenvalue weighted by Crippen LogP contribution is 2.32. The van der Waals surface area contributed by atoms with Gasteiger partial charge in [-0.25, -0.2) is 9.67 Å². The second-order valence-electron chi connectivity index (χ2n) is 7.91. The van der Waals surface area contributed by atoms with Gasteiger partial charge < -0.3 is 10.1 Å². The number of methoxy groups -OCH3 is 1. The van der Waals surface area contributed by atoms with Crippen molar-refractivity contribution in [3.63, 3.8) is 0 Å². The molecule has 1 saturated carbocycles. The van der Waals surface area contributed by atoms with Crippen LogP contribution in [0.15, 0.2) is 36.4 Å². The molecule has 29 heavy (non-hydrogen) atoms. The number of para-hydroxylation sites is 1. The van der Waals surface area contributed by atoms with Gasteiger partial charge in [0.2, 0.25) is 0 Å². The van der Waals surface area contributed by atoms with E-state index in [9.17, 15) is 4.79 Å². The number of ether oxygens (including phenoxy) is 1. The molecule has 0 aliphatic heterocycles. The molecular weight excluding hydrogens is 364 g/mol. The predicted octanol–water partition coefficient (Wildman–Crippen LogP) is 4.43. The largest absolute Gasteiger partial charge is 0.469 e. The molecule has 4 rings (SSSR count). The molecule has 1 aliphatic rings. The number of fused-ring (bicyclic) bond motifs is 1. The third-order valence-corrected chi connectivity index (χ3v) is 5.97. The number of anilines is 1. The Morgan fingerprint density at radius 2 is 1.97 bits per heavy atom. The zero-order valence-corrected chi connectivity index (χ0v) is 17.3. The fourth-order valence-corrected chi connectivity index (χ4v) is 4.49. The number of nitrogens with zero attached hydrogens (tertiary/aromatic N) is 3. The molecule has 152 valence electrons. The highest BCUT2D eigenvalue weighted by atomic mass is 16.5. The lowest BCUT2D eigenvalue weighted by atomic mass is 9.79. The quantitative estimate of drug-likeness (QED) is 0.651. The van der Waals surface area contributed by atoms with Crippen LogP contribution in [0.4, 0.5) is 5.82 Å². The average molecular weight is 393 g/mol. The fourth-order valence-electron chi connectivity index (χ4n) is 4.49. The molecule has 6 nitrogen and oxygen atoms in total. The van der Waals surface area contributed by atoms with Gasteiger partial charge in [0, 0.05) is 11.9 Å². The third kappa shape index (κ3) is 3.84. The summed E-state index contributed by atoms with van der Waals surface area (Å²) in [5, 5.41) is 9.30. The average Bonchev–Trinajstić information content (AvgIpc) is 3.09. The molecule has 0 bridgehead atoms. The van der Waals surface area contributed by atoms with Gasteiger partial charge >= 0.3 is 5.97 Å². The van der Waals surface area contributed by atoms with Gasteiger partial charge in [-0.15, -0.1) is 0 Å². The second-order valence-corrected chi connectivity index (χ2v) is 7.91. The maximum atomic E-state index is 12.1. The van der Waals surface area contributed by atoms with Crippen molar-refractivity contribution in [3.8, 4) is 5.69 Å². The van der Waals surface area contributed by atoms with Crippen LogP contribution in [0.3, 0.4) is 0 Å². The number of rotatable bonds is 5. The van der Waals surface area contributed by atoms with E-state index >= 15 is 0 Å². The van der Waals surface area contributed by atoms with E-state index in [4.69, 9.17) is 14.8 Å². The monoisotopic (exact) mass is 392 g/mol. The molecule has 0 radical (unpaired) electrons. The molecule has 2 atom stereocenters. The van der Waals surface area contributed by atoms with Crippen molar-refractivity contribution in [1.29, 1.82) is 0 Å². The first-order chi connectivity index (χ1) is 14.1. The second kappa shape index (κ2) is 8.23. The Hall–Kier alpha value is -2.89. The topological polar surface area (TPSA) is 69.0 Å². The van der Waals surface area contributed by atoms with Crippen LogP contribution in [0.25, 0.3) is 16.7 Å². The molecule has 2 heterocycles. The number of carbonyl (C=O) groups excluding carboxylic acids is 1. The smallest absolute Gasteiger partial charge is 0.309 e. The van der Waals surface area contributed by atoms with E-state index in [-0.39, 0.29) is 17.8 Å². The highest BCUT2D eigenvalue weighted by molar-refractivity contribution is 5.85. The maximum Gasteiger partial charge on any atom is 0.309 e. The van der Waals surface area contributed by atoms with Gasteiger partial charge in [0.25, 0.3) is 0 Å². The molecular formula is C23H28N4O2. The summed E-state index contributed by atoms with van der Waals surface area (Å²) in [6.07, 6.45) is 4.19. The SMILES string of the molecule is COC(=O)C1CCCCC1CNc1cc(C)c2c(C)nn(-c3ccccc3)c2n1. The molecule has 3 aromatic rings. The van der Waals surface area contributed by atoms with Gasteiger partial charge in [0.05, 0.1) is 24.4 Å². The van der Waals surface area contributed by atoms with Crippen LogP contribution in [-0.4, -0.2) is 34.4 Å². The minimum absolute atomic E-state index is 0.0248. The van der Waals surface area contributed by atoms with Crippen LogP contribution < -0.4 is 5.32 Å². The van der Waals surface area contributed by atoms with Crippen molar-refractivity contribution < 1.29 is 9.53 Å². The summed E-state index contributed by atoms with van der Waals surface area (Å²) in [6.45, 7) is 4.83. The Kier molecular flexibility index (Phi) is 5.51. The summed E-state index contributed by atoms with van der Waals surface area (Å²) in [7, 11) is 1.48. The van der Waals surface area contributed by atoms with Crippen LogP contribution in [0.5, 0.6) is 0 Å². The van der Waals surface area contributed by atoms with Crippen LogP contribution >= 0.6 is 0 Å². The summed E-state index contributed by atoms with van der Waals surface area (Å²) >= 11 is 0. The van der Waals surface area contributed by atoms with Gasteiger partial charge in [-0.05, 0) is 56.4 Å². The summed E-state index contributed by atoms with van der Waals surface area (Å²) in [5.74, 6) is 0.980. The molecule has 0 spiro atoms. The van der Waals surface area contributed by atoms with Gasteiger partial charge in [0.1, 0.15) is 5.82 Å². The predicted molar refractivity (Wildman–Crippen MR) is 114 cm³/mol. The van der Waals surface area contributed by atoms with E-state index < -0.39 is 0 Å². The van der Waals surface area contributed by atoms with Gasteiger partial charge in [0.15, 0.2) is 5.65 Å².